The van der Waals surface area contributed by atoms with Crippen molar-refractivity contribution in [1.29, 1.82) is 0 Å². The Kier molecular flexibility index (Phi) is 4.58. The lowest BCUT2D eigenvalue weighted by molar-refractivity contribution is -0.140. The molecule has 3 unspecified atom stereocenters. The van der Waals surface area contributed by atoms with Crippen LogP contribution >= 0.6 is 0 Å². The average molecular weight is 347 g/mol. The highest BCUT2D eigenvalue weighted by molar-refractivity contribution is 5.79. The Bertz CT molecular complexity index is 528. The zero-order valence-electron chi connectivity index (χ0n) is 16.6. The Labute approximate surface area is 154 Å². The maximum absolute atomic E-state index is 12.0. The van der Waals surface area contributed by atoms with Gasteiger partial charge in [0.05, 0.1) is 0 Å². The van der Waals surface area contributed by atoms with Crippen LogP contribution in [0.3, 0.4) is 0 Å². The van der Waals surface area contributed by atoms with Gasteiger partial charge in [0.15, 0.2) is 0 Å². The van der Waals surface area contributed by atoms with Crippen LogP contribution in [0.2, 0.25) is 0 Å². The summed E-state index contributed by atoms with van der Waals surface area (Å²) >= 11 is 0. The first-order valence-electron chi connectivity index (χ1n) is 11.0. The number of aliphatic hydroxyl groups is 1. The molecule has 142 valence electrons. The first kappa shape index (κ1) is 18.0. The molecule has 0 saturated heterocycles. The highest BCUT2D eigenvalue weighted by atomic mass is 16.3. The second-order valence-corrected chi connectivity index (χ2v) is 10.6. The SMILES string of the molecule is CC(CCO)C1CC[C@H]2[C@@H]3CCC4CC(=O)CC[C@]4(C)[C@@H]3CC[C@]12C. The molecule has 0 bridgehead atoms. The molecule has 0 aromatic heterocycles. The lowest BCUT2D eigenvalue weighted by atomic mass is 9.44. The average Bonchev–Trinajstić information content (AvgIpc) is 2.93. The lowest BCUT2D eigenvalue weighted by Crippen LogP contribution is -2.53. The second kappa shape index (κ2) is 6.36. The number of ketones is 1. The molecule has 2 nitrogen and oxygen atoms in total. The number of hydrogen-bond acceptors (Lipinski definition) is 2. The summed E-state index contributed by atoms with van der Waals surface area (Å²) in [7, 11) is 0. The predicted molar refractivity (Wildman–Crippen MR) is 101 cm³/mol. The fraction of sp³-hybridized carbons (Fsp3) is 0.957. The molecule has 4 fully saturated rings. The van der Waals surface area contributed by atoms with E-state index in [1.807, 2.05) is 0 Å². The van der Waals surface area contributed by atoms with Gasteiger partial charge in [-0.1, -0.05) is 20.8 Å². The first-order chi connectivity index (χ1) is 11.9. The van der Waals surface area contributed by atoms with E-state index in [9.17, 15) is 9.90 Å². The summed E-state index contributed by atoms with van der Waals surface area (Å²) < 4.78 is 0. The minimum atomic E-state index is 0.345. The fourth-order valence-corrected chi connectivity index (χ4v) is 8.43. The molecule has 0 spiro atoms. The smallest absolute Gasteiger partial charge is 0.133 e. The van der Waals surface area contributed by atoms with Crippen molar-refractivity contribution in [2.24, 2.45) is 46.3 Å². The molecule has 4 aliphatic rings. The van der Waals surface area contributed by atoms with E-state index in [0.717, 1.165) is 49.4 Å². The molecule has 2 heteroatoms. The molecule has 4 aliphatic carbocycles. The summed E-state index contributed by atoms with van der Waals surface area (Å²) in [5.41, 5.74) is 0.941. The molecular formula is C23H38O2. The molecule has 0 aromatic rings. The summed E-state index contributed by atoms with van der Waals surface area (Å²) in [6.07, 6.45) is 12.1. The van der Waals surface area contributed by atoms with Crippen LogP contribution in [0.4, 0.5) is 0 Å². The molecule has 0 radical (unpaired) electrons. The van der Waals surface area contributed by atoms with E-state index in [0.29, 0.717) is 35.1 Å². The van der Waals surface area contributed by atoms with Crippen LogP contribution < -0.4 is 0 Å². The number of aliphatic hydroxyl groups excluding tert-OH is 1. The van der Waals surface area contributed by atoms with Crippen molar-refractivity contribution in [3.63, 3.8) is 0 Å². The van der Waals surface area contributed by atoms with Crippen molar-refractivity contribution in [2.45, 2.75) is 85.0 Å². The second-order valence-electron chi connectivity index (χ2n) is 10.6. The summed E-state index contributed by atoms with van der Waals surface area (Å²) in [5.74, 6) is 5.33. The molecule has 4 saturated carbocycles. The molecule has 25 heavy (non-hydrogen) atoms. The Morgan fingerprint density at radius 3 is 2.56 bits per heavy atom. The van der Waals surface area contributed by atoms with Gasteiger partial charge in [0, 0.05) is 19.4 Å². The van der Waals surface area contributed by atoms with Gasteiger partial charge in [-0.25, -0.2) is 0 Å². The van der Waals surface area contributed by atoms with Gasteiger partial charge >= 0.3 is 0 Å². The fourth-order valence-electron chi connectivity index (χ4n) is 8.43. The van der Waals surface area contributed by atoms with Gasteiger partial charge in [0.2, 0.25) is 0 Å². The van der Waals surface area contributed by atoms with E-state index in [-0.39, 0.29) is 0 Å². The van der Waals surface area contributed by atoms with Gasteiger partial charge in [-0.05, 0) is 97.7 Å². The third-order valence-electron chi connectivity index (χ3n) is 9.83. The van der Waals surface area contributed by atoms with Crippen molar-refractivity contribution in [1.82, 2.24) is 0 Å². The quantitative estimate of drug-likeness (QED) is 0.759. The molecule has 0 heterocycles. The Morgan fingerprint density at radius 1 is 1.04 bits per heavy atom. The number of hydrogen-bond donors (Lipinski definition) is 1. The van der Waals surface area contributed by atoms with Crippen LogP contribution in [0, 0.1) is 46.3 Å². The van der Waals surface area contributed by atoms with Gasteiger partial charge in [0.1, 0.15) is 5.78 Å². The van der Waals surface area contributed by atoms with E-state index < -0.39 is 0 Å². The van der Waals surface area contributed by atoms with Gasteiger partial charge in [-0.15, -0.1) is 0 Å². The third-order valence-corrected chi connectivity index (χ3v) is 9.83. The van der Waals surface area contributed by atoms with Gasteiger partial charge in [0.25, 0.3) is 0 Å². The summed E-state index contributed by atoms with van der Waals surface area (Å²) in [6, 6.07) is 0. The van der Waals surface area contributed by atoms with Crippen molar-refractivity contribution in [3.8, 4) is 0 Å². The summed E-state index contributed by atoms with van der Waals surface area (Å²) in [6.45, 7) is 7.87. The van der Waals surface area contributed by atoms with E-state index >= 15 is 0 Å². The maximum Gasteiger partial charge on any atom is 0.133 e. The standard InChI is InChI=1S/C23H38O2/c1-15(10-13-24)19-6-7-20-18-5-4-16-14-17(25)8-11-22(16,2)21(18)9-12-23(19,20)3/h15-16,18-21,24H,4-14H2,1-3H3/t15?,16?,18-,19?,20-,21+,22-,23+/m0/s1. The zero-order valence-corrected chi connectivity index (χ0v) is 16.6. The van der Waals surface area contributed by atoms with E-state index in [4.69, 9.17) is 0 Å². The normalized spacial score (nSPS) is 50.7. The van der Waals surface area contributed by atoms with Crippen LogP contribution in [-0.4, -0.2) is 17.5 Å². The molecule has 0 amide bonds. The number of carbonyl (C=O) groups is 1. The topological polar surface area (TPSA) is 37.3 Å². The molecule has 8 atom stereocenters. The highest BCUT2D eigenvalue weighted by Crippen LogP contribution is 2.68. The van der Waals surface area contributed by atoms with E-state index in [1.54, 1.807) is 0 Å². The third kappa shape index (κ3) is 2.65. The van der Waals surface area contributed by atoms with Crippen LogP contribution in [0.15, 0.2) is 0 Å². The van der Waals surface area contributed by atoms with Crippen molar-refractivity contribution >= 4 is 5.78 Å². The predicted octanol–water partition coefficient (Wildman–Crippen LogP) is 5.23. The number of Topliss-reactive ketones (excluding diaryl/α,β-unsaturated/α-hetero) is 1. The Hall–Kier alpha value is -0.370. The Morgan fingerprint density at radius 2 is 1.80 bits per heavy atom. The van der Waals surface area contributed by atoms with Crippen LogP contribution in [-0.2, 0) is 4.79 Å². The molecule has 0 aromatic carbocycles. The minimum Gasteiger partial charge on any atom is -0.396 e. The highest BCUT2D eigenvalue weighted by Gasteiger charge is 2.60. The molecule has 4 rings (SSSR count). The largest absolute Gasteiger partial charge is 0.396 e. The van der Waals surface area contributed by atoms with Crippen LogP contribution in [0.1, 0.15) is 85.0 Å². The van der Waals surface area contributed by atoms with Crippen LogP contribution in [0.5, 0.6) is 0 Å². The first-order valence-corrected chi connectivity index (χ1v) is 11.0. The number of fused-ring (bicyclic) bond motifs is 5. The van der Waals surface area contributed by atoms with E-state index in [1.165, 1.54) is 38.5 Å². The lowest BCUT2D eigenvalue weighted by Gasteiger charge is -2.60. The Balaban J connectivity index is 1.57. The zero-order chi connectivity index (χ0) is 17.8. The van der Waals surface area contributed by atoms with Gasteiger partial charge in [-0.2, -0.15) is 0 Å². The maximum atomic E-state index is 12.0. The van der Waals surface area contributed by atoms with Crippen molar-refractivity contribution in [2.75, 3.05) is 6.61 Å². The molecule has 1 N–H and O–H groups in total. The molecular weight excluding hydrogens is 308 g/mol. The minimum absolute atomic E-state index is 0.345. The van der Waals surface area contributed by atoms with Crippen molar-refractivity contribution in [3.05, 3.63) is 0 Å². The summed E-state index contributed by atoms with van der Waals surface area (Å²) in [5, 5.41) is 9.42. The monoisotopic (exact) mass is 346 g/mol. The number of carbonyl (C=O) groups excluding carboxylic acids is 1. The van der Waals surface area contributed by atoms with Gasteiger partial charge in [-0.3, -0.25) is 4.79 Å². The van der Waals surface area contributed by atoms with E-state index in [2.05, 4.69) is 20.8 Å². The van der Waals surface area contributed by atoms with Gasteiger partial charge < -0.3 is 5.11 Å². The molecule has 0 aliphatic heterocycles. The van der Waals surface area contributed by atoms with Crippen LogP contribution in [0.25, 0.3) is 0 Å². The van der Waals surface area contributed by atoms with Crippen molar-refractivity contribution < 1.29 is 9.90 Å². The number of rotatable bonds is 3. The summed E-state index contributed by atoms with van der Waals surface area (Å²) in [4.78, 5) is 12.0.